The minimum Gasteiger partial charge on any atom is -0.479 e. The molecule has 5 rings (SSSR count). The van der Waals surface area contributed by atoms with Crippen molar-refractivity contribution in [3.05, 3.63) is 84.4 Å². The highest BCUT2D eigenvalue weighted by molar-refractivity contribution is 8.02. The van der Waals surface area contributed by atoms with Crippen LogP contribution in [-0.2, 0) is 19.7 Å². The van der Waals surface area contributed by atoms with Gasteiger partial charge in [-0.15, -0.1) is 0 Å². The number of fused-ring (bicyclic) bond motifs is 1. The van der Waals surface area contributed by atoms with Gasteiger partial charge < -0.3 is 9.84 Å². The number of carboxylic acid groups (broad SMARTS) is 1. The number of nitrogens with one attached hydrogen (secondary N) is 2. The molecule has 0 aromatic heterocycles. The molecule has 170 valence electrons. The maximum atomic E-state index is 13.7. The average molecular weight is 484 g/mol. The van der Waals surface area contributed by atoms with E-state index in [0.29, 0.717) is 5.69 Å². The van der Waals surface area contributed by atoms with Crippen molar-refractivity contribution in [2.75, 3.05) is 10.8 Å². The lowest BCUT2D eigenvalue weighted by Crippen LogP contribution is -2.49. The smallest absolute Gasteiger partial charge is 0.334 e. The van der Waals surface area contributed by atoms with Crippen LogP contribution >= 0.6 is 11.8 Å². The Kier molecular flexibility index (Phi) is 5.85. The highest BCUT2D eigenvalue weighted by Crippen LogP contribution is 2.55. The van der Waals surface area contributed by atoms with Crippen LogP contribution in [0.15, 0.2) is 83.8 Å². The van der Waals surface area contributed by atoms with Gasteiger partial charge in [-0.25, -0.2) is 9.10 Å². The Morgan fingerprint density at radius 1 is 1.03 bits per heavy atom. The number of nitrogens with zero attached hydrogens (tertiary/aromatic N) is 1. The number of carboxylic acids is 1. The maximum absolute atomic E-state index is 13.7. The van der Waals surface area contributed by atoms with Crippen molar-refractivity contribution in [2.24, 2.45) is 0 Å². The molecule has 1 unspecified atom stereocenters. The summed E-state index contributed by atoms with van der Waals surface area (Å²) in [4.78, 5) is 12.0. The van der Waals surface area contributed by atoms with E-state index in [4.69, 9.17) is 9.84 Å². The molecule has 0 aliphatic carbocycles. The lowest BCUT2D eigenvalue weighted by Gasteiger charge is -2.29. The van der Waals surface area contributed by atoms with Gasteiger partial charge in [-0.05, 0) is 17.2 Å². The van der Waals surface area contributed by atoms with Crippen LogP contribution < -0.4 is 14.3 Å². The van der Waals surface area contributed by atoms with Gasteiger partial charge in [0.05, 0.1) is 5.69 Å². The van der Waals surface area contributed by atoms with Gasteiger partial charge in [-0.2, -0.15) is 13.1 Å². The molecule has 1 fully saturated rings. The summed E-state index contributed by atoms with van der Waals surface area (Å²) in [6.45, 7) is 0.00519. The van der Waals surface area contributed by atoms with Crippen molar-refractivity contribution in [1.82, 2.24) is 10.0 Å². The molecule has 1 saturated heterocycles. The van der Waals surface area contributed by atoms with Crippen LogP contribution in [0.25, 0.3) is 11.1 Å². The molecule has 3 N–H and O–H groups in total. The number of aliphatic carboxylic acids is 1. The first-order valence-corrected chi connectivity index (χ1v) is 12.6. The molecule has 0 bridgehead atoms. The van der Waals surface area contributed by atoms with Crippen molar-refractivity contribution < 1.29 is 23.1 Å². The van der Waals surface area contributed by atoms with Gasteiger partial charge >= 0.3 is 16.2 Å². The molecular formula is C23H21N3O5S2. The first kappa shape index (κ1) is 21.9. The van der Waals surface area contributed by atoms with E-state index in [1.54, 1.807) is 0 Å². The van der Waals surface area contributed by atoms with Gasteiger partial charge in [0.25, 0.3) is 0 Å². The summed E-state index contributed by atoms with van der Waals surface area (Å²) in [5.41, 5.74) is 3.08. The molecule has 3 aromatic carbocycles. The summed E-state index contributed by atoms with van der Waals surface area (Å²) in [5, 5.41) is 11.4. The second-order valence-electron chi connectivity index (χ2n) is 7.57. The Balaban J connectivity index is 1.58. The SMILES string of the molecule is O=C(O)[C@H]1CN[C@H](NS(=O)(=O)N2c3c(cccc3-c3ccccc3)SC2c2ccccc2)O1. The quantitative estimate of drug-likeness (QED) is 0.494. The fourth-order valence-corrected chi connectivity index (χ4v) is 7.00. The second-order valence-corrected chi connectivity index (χ2v) is 10.3. The van der Waals surface area contributed by atoms with Crippen LogP contribution in [0.1, 0.15) is 10.9 Å². The minimum absolute atomic E-state index is 0.00519. The van der Waals surface area contributed by atoms with Crippen LogP contribution in [0, 0.1) is 0 Å². The lowest BCUT2D eigenvalue weighted by atomic mass is 10.0. The van der Waals surface area contributed by atoms with E-state index in [-0.39, 0.29) is 6.54 Å². The van der Waals surface area contributed by atoms with Gasteiger partial charge in [0.1, 0.15) is 5.37 Å². The predicted octanol–water partition coefficient (Wildman–Crippen LogP) is 3.16. The fourth-order valence-electron chi connectivity index (χ4n) is 3.93. The number of para-hydroxylation sites is 1. The van der Waals surface area contributed by atoms with E-state index >= 15 is 0 Å². The molecule has 3 atom stereocenters. The van der Waals surface area contributed by atoms with Gasteiger partial charge in [-0.3, -0.25) is 5.32 Å². The third kappa shape index (κ3) is 4.23. The summed E-state index contributed by atoms with van der Waals surface area (Å²) in [6, 6.07) is 24.7. The van der Waals surface area contributed by atoms with Gasteiger partial charge in [0.2, 0.25) is 0 Å². The van der Waals surface area contributed by atoms with E-state index in [1.807, 2.05) is 78.9 Å². The monoisotopic (exact) mass is 483 g/mol. The van der Waals surface area contributed by atoms with Crippen molar-refractivity contribution in [1.29, 1.82) is 0 Å². The molecule has 0 saturated carbocycles. The van der Waals surface area contributed by atoms with E-state index in [1.165, 1.54) is 16.1 Å². The Hall–Kier alpha value is -2.89. The third-order valence-corrected chi connectivity index (χ3v) is 8.27. The van der Waals surface area contributed by atoms with Crippen molar-refractivity contribution in [3.8, 4) is 11.1 Å². The van der Waals surface area contributed by atoms with Crippen molar-refractivity contribution >= 4 is 33.6 Å². The number of thioether (sulfide) groups is 1. The first-order valence-electron chi connectivity index (χ1n) is 10.3. The van der Waals surface area contributed by atoms with Gasteiger partial charge in [-0.1, -0.05) is 84.6 Å². The Morgan fingerprint density at radius 3 is 2.39 bits per heavy atom. The van der Waals surface area contributed by atoms with Crippen LogP contribution in [0.5, 0.6) is 0 Å². The number of ether oxygens (including phenoxy) is 1. The van der Waals surface area contributed by atoms with Crippen LogP contribution in [0.3, 0.4) is 0 Å². The van der Waals surface area contributed by atoms with Crippen molar-refractivity contribution in [2.45, 2.75) is 22.7 Å². The number of hydrogen-bond acceptors (Lipinski definition) is 6. The molecule has 2 aliphatic heterocycles. The lowest BCUT2D eigenvalue weighted by molar-refractivity contribution is -0.149. The number of anilines is 1. The molecule has 10 heteroatoms. The molecule has 0 radical (unpaired) electrons. The fraction of sp³-hybridized carbons (Fsp3) is 0.174. The molecule has 3 aromatic rings. The van der Waals surface area contributed by atoms with Crippen LogP contribution in [0.2, 0.25) is 0 Å². The summed E-state index contributed by atoms with van der Waals surface area (Å²) in [7, 11) is -4.15. The highest BCUT2D eigenvalue weighted by Gasteiger charge is 2.43. The maximum Gasteiger partial charge on any atom is 0.334 e. The summed E-state index contributed by atoms with van der Waals surface area (Å²) in [5.74, 6) is -1.15. The van der Waals surface area contributed by atoms with Crippen LogP contribution in [0.4, 0.5) is 5.69 Å². The Morgan fingerprint density at radius 2 is 1.73 bits per heavy atom. The Bertz CT molecular complexity index is 1270. The number of rotatable bonds is 6. The zero-order valence-electron chi connectivity index (χ0n) is 17.3. The zero-order valence-corrected chi connectivity index (χ0v) is 18.9. The molecule has 2 heterocycles. The predicted molar refractivity (Wildman–Crippen MR) is 126 cm³/mol. The van der Waals surface area contributed by atoms with E-state index < -0.39 is 34.0 Å². The largest absolute Gasteiger partial charge is 0.479 e. The van der Waals surface area contributed by atoms with Gasteiger partial charge in [0.15, 0.2) is 12.5 Å². The standard InChI is InChI=1S/C23H21N3O5S2/c27-22(28)18-14-24-23(31-18)25-33(29,30)26-20-17(15-8-3-1-4-9-15)12-7-13-19(20)32-21(26)16-10-5-2-6-11-16/h1-13,18,21,23-25H,14H2,(H,27,28)/t18-,21?,23-/m1/s1. The molecule has 8 nitrogen and oxygen atoms in total. The van der Waals surface area contributed by atoms with Crippen molar-refractivity contribution in [3.63, 3.8) is 0 Å². The van der Waals surface area contributed by atoms with E-state index in [2.05, 4.69) is 10.0 Å². The molecule has 33 heavy (non-hydrogen) atoms. The highest BCUT2D eigenvalue weighted by atomic mass is 32.2. The average Bonchev–Trinajstić information content (AvgIpc) is 3.45. The molecular weight excluding hydrogens is 462 g/mol. The van der Waals surface area contributed by atoms with E-state index in [0.717, 1.165) is 21.6 Å². The molecule has 0 spiro atoms. The Labute approximate surface area is 195 Å². The number of benzene rings is 3. The number of carbonyl (C=O) groups is 1. The summed E-state index contributed by atoms with van der Waals surface area (Å²) in [6.07, 6.45) is -2.27. The second kappa shape index (κ2) is 8.81. The van der Waals surface area contributed by atoms with Gasteiger partial charge in [0, 0.05) is 17.0 Å². The molecule has 2 aliphatic rings. The summed E-state index contributed by atoms with van der Waals surface area (Å²) >= 11 is 1.45. The normalized spacial score (nSPS) is 22.3. The molecule has 0 amide bonds. The third-order valence-electron chi connectivity index (χ3n) is 5.42. The first-order chi connectivity index (χ1) is 15.9. The minimum atomic E-state index is -4.15. The number of hydrogen-bond donors (Lipinski definition) is 3. The summed E-state index contributed by atoms with van der Waals surface area (Å²) < 4.78 is 36.6. The van der Waals surface area contributed by atoms with E-state index in [9.17, 15) is 13.2 Å². The topological polar surface area (TPSA) is 108 Å². The van der Waals surface area contributed by atoms with Crippen LogP contribution in [-0.4, -0.2) is 38.5 Å². The zero-order chi connectivity index (χ0) is 23.0.